The van der Waals surface area contributed by atoms with E-state index in [0.29, 0.717) is 6.04 Å². The minimum atomic E-state index is 0. The molecule has 2 saturated heterocycles. The van der Waals surface area contributed by atoms with Gasteiger partial charge in [0.1, 0.15) is 0 Å². The second kappa shape index (κ2) is 10.4. The van der Waals surface area contributed by atoms with Gasteiger partial charge < -0.3 is 20.3 Å². The summed E-state index contributed by atoms with van der Waals surface area (Å²) in [5.74, 6) is 0.894. The average molecular weight is 479 g/mol. The zero-order valence-corrected chi connectivity index (χ0v) is 17.8. The topological polar surface area (TPSA) is 48.9 Å². The van der Waals surface area contributed by atoms with Gasteiger partial charge in [0, 0.05) is 43.0 Å². The van der Waals surface area contributed by atoms with Gasteiger partial charge in [-0.15, -0.1) is 24.0 Å². The second-order valence-electron chi connectivity index (χ2n) is 6.41. The number of rotatable bonds is 5. The zero-order valence-electron chi connectivity index (χ0n) is 14.7. The smallest absolute Gasteiger partial charge is 0.191 e. The van der Waals surface area contributed by atoms with Gasteiger partial charge in [0.15, 0.2) is 5.96 Å². The van der Waals surface area contributed by atoms with Gasteiger partial charge >= 0.3 is 0 Å². The Kier molecular flexibility index (Phi) is 8.58. The number of nitrogens with zero attached hydrogens (tertiary/aromatic N) is 2. The molecule has 2 atom stereocenters. The molecule has 0 aliphatic carbocycles. The molecule has 2 aliphatic rings. The summed E-state index contributed by atoms with van der Waals surface area (Å²) in [5, 5.41) is 7.69. The number of benzene rings is 1. The van der Waals surface area contributed by atoms with Crippen LogP contribution in [-0.4, -0.2) is 50.9 Å². The van der Waals surface area contributed by atoms with Gasteiger partial charge in [-0.25, -0.2) is 0 Å². The monoisotopic (exact) mass is 478 g/mol. The Morgan fingerprint density at radius 3 is 3.00 bits per heavy atom. The van der Waals surface area contributed by atoms with Gasteiger partial charge in [0.25, 0.3) is 0 Å². The third-order valence-electron chi connectivity index (χ3n) is 4.52. The highest BCUT2D eigenvalue weighted by Gasteiger charge is 2.24. The minimum Gasteiger partial charge on any atom is -0.376 e. The van der Waals surface area contributed by atoms with Crippen LogP contribution in [0.5, 0.6) is 0 Å². The van der Waals surface area contributed by atoms with Crippen LogP contribution in [0.3, 0.4) is 0 Å². The number of hydrogen-bond donors (Lipinski definition) is 2. The Labute approximate surface area is 172 Å². The van der Waals surface area contributed by atoms with E-state index >= 15 is 0 Å². The first-order chi connectivity index (χ1) is 11.7. The van der Waals surface area contributed by atoms with Crippen LogP contribution in [0.15, 0.2) is 29.3 Å². The van der Waals surface area contributed by atoms with E-state index in [2.05, 4.69) is 28.5 Å². The van der Waals surface area contributed by atoms with Crippen molar-refractivity contribution in [2.75, 3.05) is 37.7 Å². The molecular weight excluding hydrogens is 451 g/mol. The predicted molar refractivity (Wildman–Crippen MR) is 116 cm³/mol. The maximum Gasteiger partial charge on any atom is 0.191 e. The van der Waals surface area contributed by atoms with Crippen molar-refractivity contribution in [1.29, 1.82) is 0 Å². The number of guanidine groups is 1. The third kappa shape index (κ3) is 6.18. The van der Waals surface area contributed by atoms with Crippen molar-refractivity contribution in [2.24, 2.45) is 4.99 Å². The lowest BCUT2D eigenvalue weighted by molar-refractivity contribution is 0.117. The Balaban J connectivity index is 0.00000225. The highest BCUT2D eigenvalue weighted by Crippen LogP contribution is 2.23. The van der Waals surface area contributed by atoms with E-state index in [9.17, 15) is 0 Å². The molecule has 2 N–H and O–H groups in total. The number of halogens is 2. The van der Waals surface area contributed by atoms with Crippen molar-refractivity contribution in [3.63, 3.8) is 0 Å². The summed E-state index contributed by atoms with van der Waals surface area (Å²) in [5.41, 5.74) is 1.19. The molecule has 140 valence electrons. The van der Waals surface area contributed by atoms with Crippen LogP contribution in [-0.2, 0) is 4.74 Å². The summed E-state index contributed by atoms with van der Waals surface area (Å²) in [4.78, 5) is 7.07. The molecule has 2 heterocycles. The van der Waals surface area contributed by atoms with Crippen molar-refractivity contribution in [3.8, 4) is 0 Å². The lowest BCUT2D eigenvalue weighted by Crippen LogP contribution is -2.45. The van der Waals surface area contributed by atoms with Crippen LogP contribution in [0.4, 0.5) is 5.69 Å². The molecule has 2 fully saturated rings. The van der Waals surface area contributed by atoms with Gasteiger partial charge in [-0.3, -0.25) is 4.99 Å². The molecule has 2 unspecified atom stereocenters. The SMILES string of the molecule is CCNC(=NCC1CCCO1)NC1CCN(c2cccc(Cl)c2)C1.I. The molecule has 0 radical (unpaired) electrons. The Bertz CT molecular complexity index is 566. The van der Waals surface area contributed by atoms with Gasteiger partial charge in [-0.2, -0.15) is 0 Å². The first-order valence-electron chi connectivity index (χ1n) is 8.91. The van der Waals surface area contributed by atoms with E-state index in [-0.39, 0.29) is 30.1 Å². The van der Waals surface area contributed by atoms with Gasteiger partial charge in [0.05, 0.1) is 12.6 Å². The molecule has 5 nitrogen and oxygen atoms in total. The molecule has 7 heteroatoms. The summed E-state index contributed by atoms with van der Waals surface area (Å²) in [6, 6.07) is 8.46. The van der Waals surface area contributed by atoms with E-state index in [1.165, 1.54) is 5.69 Å². The van der Waals surface area contributed by atoms with Crippen LogP contribution < -0.4 is 15.5 Å². The highest BCUT2D eigenvalue weighted by atomic mass is 127. The third-order valence-corrected chi connectivity index (χ3v) is 4.76. The molecule has 3 rings (SSSR count). The van der Waals surface area contributed by atoms with Crippen LogP contribution in [0.2, 0.25) is 5.02 Å². The molecule has 0 bridgehead atoms. The number of aliphatic imine (C=N–C) groups is 1. The standard InChI is InChI=1S/C18H27ClN4O.HI/c1-2-20-18(21-12-17-7-4-10-24-17)22-15-8-9-23(13-15)16-6-3-5-14(19)11-16;/h3,5-6,11,15,17H,2,4,7-10,12-13H2,1H3,(H2,20,21,22);1H. The first kappa shape index (κ1) is 20.6. The van der Waals surface area contributed by atoms with Crippen molar-refractivity contribution in [3.05, 3.63) is 29.3 Å². The average Bonchev–Trinajstić information content (AvgIpc) is 3.25. The van der Waals surface area contributed by atoms with Crippen molar-refractivity contribution >= 4 is 47.2 Å². The highest BCUT2D eigenvalue weighted by molar-refractivity contribution is 14.0. The number of hydrogen-bond acceptors (Lipinski definition) is 3. The largest absolute Gasteiger partial charge is 0.376 e. The van der Waals surface area contributed by atoms with Crippen molar-refractivity contribution < 1.29 is 4.74 Å². The van der Waals surface area contributed by atoms with E-state index < -0.39 is 0 Å². The summed E-state index contributed by atoms with van der Waals surface area (Å²) >= 11 is 6.11. The molecule has 0 saturated carbocycles. The fraction of sp³-hybridized carbons (Fsp3) is 0.611. The number of nitrogens with one attached hydrogen (secondary N) is 2. The predicted octanol–water partition coefficient (Wildman–Crippen LogP) is 3.27. The second-order valence-corrected chi connectivity index (χ2v) is 6.85. The van der Waals surface area contributed by atoms with Gasteiger partial charge in [-0.05, 0) is 44.4 Å². The molecule has 0 amide bonds. The summed E-state index contributed by atoms with van der Waals surface area (Å²) < 4.78 is 5.65. The summed E-state index contributed by atoms with van der Waals surface area (Å²) in [6.07, 6.45) is 3.65. The van der Waals surface area contributed by atoms with E-state index in [0.717, 1.165) is 63.0 Å². The molecular formula is C18H28ClIN4O. The molecule has 0 spiro atoms. The van der Waals surface area contributed by atoms with Crippen LogP contribution >= 0.6 is 35.6 Å². The fourth-order valence-electron chi connectivity index (χ4n) is 3.28. The van der Waals surface area contributed by atoms with E-state index in [4.69, 9.17) is 21.3 Å². The zero-order chi connectivity index (χ0) is 16.8. The minimum absolute atomic E-state index is 0. The lowest BCUT2D eigenvalue weighted by Gasteiger charge is -2.21. The Morgan fingerprint density at radius 1 is 1.40 bits per heavy atom. The molecule has 1 aromatic carbocycles. The first-order valence-corrected chi connectivity index (χ1v) is 9.29. The lowest BCUT2D eigenvalue weighted by atomic mass is 10.2. The summed E-state index contributed by atoms with van der Waals surface area (Å²) in [7, 11) is 0. The normalized spacial score (nSPS) is 23.4. The van der Waals surface area contributed by atoms with Gasteiger partial charge in [0.2, 0.25) is 0 Å². The van der Waals surface area contributed by atoms with Crippen molar-refractivity contribution in [2.45, 2.75) is 38.3 Å². The Hall–Kier alpha value is -0.730. The maximum atomic E-state index is 6.11. The molecule has 0 aromatic heterocycles. The molecule has 1 aromatic rings. The van der Waals surface area contributed by atoms with Crippen LogP contribution in [0, 0.1) is 0 Å². The number of anilines is 1. The van der Waals surface area contributed by atoms with E-state index in [1.54, 1.807) is 0 Å². The van der Waals surface area contributed by atoms with Crippen LogP contribution in [0.1, 0.15) is 26.2 Å². The van der Waals surface area contributed by atoms with Gasteiger partial charge in [-0.1, -0.05) is 17.7 Å². The quantitative estimate of drug-likeness (QED) is 0.387. The van der Waals surface area contributed by atoms with Crippen LogP contribution in [0.25, 0.3) is 0 Å². The van der Waals surface area contributed by atoms with E-state index in [1.807, 2.05) is 18.2 Å². The fourth-order valence-corrected chi connectivity index (χ4v) is 3.46. The maximum absolute atomic E-state index is 6.11. The van der Waals surface area contributed by atoms with Crippen molar-refractivity contribution in [1.82, 2.24) is 10.6 Å². The number of ether oxygens (including phenoxy) is 1. The summed E-state index contributed by atoms with van der Waals surface area (Å²) in [6.45, 7) is 6.56. The molecule has 25 heavy (non-hydrogen) atoms. The Morgan fingerprint density at radius 2 is 2.28 bits per heavy atom. The molecule has 2 aliphatic heterocycles.